The molecule has 0 amide bonds. The summed E-state index contributed by atoms with van der Waals surface area (Å²) in [5, 5.41) is 4.98. The summed E-state index contributed by atoms with van der Waals surface area (Å²) in [5.74, 6) is 0. The molecule has 0 saturated heterocycles. The Morgan fingerprint density at radius 1 is 1.00 bits per heavy atom. The van der Waals surface area contributed by atoms with Gasteiger partial charge in [-0.15, -0.1) is 0 Å². The van der Waals surface area contributed by atoms with Gasteiger partial charge in [0, 0.05) is 16.6 Å². The van der Waals surface area contributed by atoms with E-state index in [-0.39, 0.29) is 0 Å². The lowest BCUT2D eigenvalue weighted by molar-refractivity contribution is -0.137. The van der Waals surface area contributed by atoms with E-state index in [1.165, 1.54) is 18.7 Å². The molecule has 130 valence electrons. The molecule has 0 aliphatic carbocycles. The van der Waals surface area contributed by atoms with Crippen molar-refractivity contribution in [2.45, 2.75) is 13.1 Å². The highest BCUT2D eigenvalue weighted by Gasteiger charge is 2.31. The van der Waals surface area contributed by atoms with E-state index < -0.39 is 11.7 Å². The van der Waals surface area contributed by atoms with Crippen LogP contribution in [0.3, 0.4) is 0 Å². The smallest absolute Gasteiger partial charge is 0.252 e. The first-order valence-electron chi connectivity index (χ1n) is 7.87. The largest absolute Gasteiger partial charge is 0.416 e. The summed E-state index contributed by atoms with van der Waals surface area (Å²) in [5.41, 5.74) is 2.35. The van der Waals surface area contributed by atoms with Gasteiger partial charge in [-0.25, -0.2) is 9.67 Å². The molecule has 26 heavy (non-hydrogen) atoms. The Morgan fingerprint density at radius 2 is 1.81 bits per heavy atom. The summed E-state index contributed by atoms with van der Waals surface area (Å²) in [6.45, 7) is 1.78. The van der Waals surface area contributed by atoms with E-state index in [4.69, 9.17) is 0 Å². The minimum Gasteiger partial charge on any atom is -0.252 e. The van der Waals surface area contributed by atoms with Gasteiger partial charge in [-0.1, -0.05) is 30.3 Å². The van der Waals surface area contributed by atoms with Crippen LogP contribution in [0, 0.1) is 6.92 Å². The highest BCUT2D eigenvalue weighted by atomic mass is 19.4. The summed E-state index contributed by atoms with van der Waals surface area (Å²) in [7, 11) is 0. The van der Waals surface area contributed by atoms with E-state index in [1.807, 2.05) is 24.3 Å². The molecular formula is C19H13F3N4. The van der Waals surface area contributed by atoms with Gasteiger partial charge in [0.15, 0.2) is 0 Å². The minimum absolute atomic E-state index is 0.432. The van der Waals surface area contributed by atoms with Crippen LogP contribution in [0.15, 0.2) is 61.2 Å². The first-order valence-corrected chi connectivity index (χ1v) is 7.87. The Balaban J connectivity index is 2.08. The van der Waals surface area contributed by atoms with Gasteiger partial charge in [-0.05, 0) is 30.7 Å². The van der Waals surface area contributed by atoms with E-state index >= 15 is 0 Å². The molecule has 0 aliphatic rings. The monoisotopic (exact) mass is 354 g/mol. The molecule has 7 heteroatoms. The number of rotatable bonds is 2. The molecule has 0 bridgehead atoms. The van der Waals surface area contributed by atoms with Gasteiger partial charge in [0.2, 0.25) is 0 Å². The zero-order chi connectivity index (χ0) is 18.3. The molecule has 0 spiro atoms. The third kappa shape index (κ3) is 2.71. The number of pyridine rings is 1. The molecule has 0 unspecified atom stereocenters. The quantitative estimate of drug-likeness (QED) is 0.519. The zero-order valence-corrected chi connectivity index (χ0v) is 13.7. The summed E-state index contributed by atoms with van der Waals surface area (Å²) >= 11 is 0. The van der Waals surface area contributed by atoms with Crippen LogP contribution in [0.5, 0.6) is 0 Å². The van der Waals surface area contributed by atoms with Crippen LogP contribution in [0.25, 0.3) is 27.7 Å². The van der Waals surface area contributed by atoms with E-state index in [2.05, 4.69) is 15.1 Å². The molecular weight excluding hydrogens is 341 g/mol. The predicted octanol–water partition coefficient (Wildman–Crippen LogP) is 4.81. The average Bonchev–Trinajstić information content (AvgIpc) is 3.14. The van der Waals surface area contributed by atoms with Gasteiger partial charge in [-0.3, -0.25) is 4.98 Å². The van der Waals surface area contributed by atoms with E-state index in [0.717, 1.165) is 23.0 Å². The summed E-state index contributed by atoms with van der Waals surface area (Å²) in [4.78, 5) is 8.55. The van der Waals surface area contributed by atoms with Crippen molar-refractivity contribution in [1.82, 2.24) is 19.7 Å². The molecule has 4 aromatic rings. The molecule has 2 heterocycles. The molecule has 0 atom stereocenters. The lowest BCUT2D eigenvalue weighted by Crippen LogP contribution is -2.06. The first kappa shape index (κ1) is 16.3. The van der Waals surface area contributed by atoms with Crippen molar-refractivity contribution in [2.24, 2.45) is 0 Å². The molecule has 2 aromatic carbocycles. The van der Waals surface area contributed by atoms with Crippen molar-refractivity contribution >= 4 is 10.9 Å². The standard InChI is InChI=1S/C19H13F3N4/c1-12-17(13-5-4-6-14(9-13)19(20,21)22)18(26-11-23-10-24-26)15-7-2-3-8-16(15)25-12/h2-11H,1H3. The second-order valence-corrected chi connectivity index (χ2v) is 5.86. The number of para-hydroxylation sites is 1. The molecule has 2 aromatic heterocycles. The topological polar surface area (TPSA) is 43.6 Å². The number of aryl methyl sites for hydroxylation is 1. The minimum atomic E-state index is -4.42. The number of fused-ring (bicyclic) bond motifs is 1. The van der Waals surface area contributed by atoms with Crippen LogP contribution in [0.2, 0.25) is 0 Å². The molecule has 0 saturated carbocycles. The van der Waals surface area contributed by atoms with E-state index in [9.17, 15) is 13.2 Å². The lowest BCUT2D eigenvalue weighted by Gasteiger charge is -2.16. The Labute approximate surface area is 147 Å². The van der Waals surface area contributed by atoms with E-state index in [0.29, 0.717) is 22.5 Å². The van der Waals surface area contributed by atoms with E-state index in [1.54, 1.807) is 17.7 Å². The zero-order valence-electron chi connectivity index (χ0n) is 13.7. The Hall–Kier alpha value is -3.22. The second-order valence-electron chi connectivity index (χ2n) is 5.86. The SMILES string of the molecule is Cc1nc2ccccc2c(-n2cncn2)c1-c1cccc(C(F)(F)F)c1. The van der Waals surface area contributed by atoms with Crippen molar-refractivity contribution in [3.05, 3.63) is 72.4 Å². The van der Waals surface area contributed by atoms with Gasteiger partial charge >= 0.3 is 6.18 Å². The number of hydrogen-bond acceptors (Lipinski definition) is 3. The first-order chi connectivity index (χ1) is 12.4. The molecule has 0 fully saturated rings. The number of halogens is 3. The lowest BCUT2D eigenvalue weighted by atomic mass is 9.97. The van der Waals surface area contributed by atoms with Gasteiger partial charge in [0.25, 0.3) is 0 Å². The molecule has 0 radical (unpaired) electrons. The van der Waals surface area contributed by atoms with Gasteiger partial charge in [0.05, 0.1) is 16.8 Å². The van der Waals surface area contributed by atoms with Gasteiger partial charge in [-0.2, -0.15) is 18.3 Å². The maximum atomic E-state index is 13.2. The van der Waals surface area contributed by atoms with Crippen molar-refractivity contribution in [3.63, 3.8) is 0 Å². The van der Waals surface area contributed by atoms with Crippen LogP contribution < -0.4 is 0 Å². The predicted molar refractivity (Wildman–Crippen MR) is 91.8 cm³/mol. The molecule has 4 nitrogen and oxygen atoms in total. The number of hydrogen-bond donors (Lipinski definition) is 0. The fourth-order valence-corrected chi connectivity index (χ4v) is 3.07. The maximum Gasteiger partial charge on any atom is 0.416 e. The van der Waals surface area contributed by atoms with Crippen LogP contribution in [0.1, 0.15) is 11.3 Å². The number of benzene rings is 2. The Morgan fingerprint density at radius 3 is 2.54 bits per heavy atom. The fraction of sp³-hybridized carbons (Fsp3) is 0.105. The van der Waals surface area contributed by atoms with Crippen molar-refractivity contribution < 1.29 is 13.2 Å². The maximum absolute atomic E-state index is 13.2. The third-order valence-corrected chi connectivity index (χ3v) is 4.17. The summed E-state index contributed by atoms with van der Waals surface area (Å²) < 4.78 is 41.1. The fourth-order valence-electron chi connectivity index (χ4n) is 3.07. The molecule has 4 rings (SSSR count). The van der Waals surface area contributed by atoms with Crippen LogP contribution >= 0.6 is 0 Å². The molecule has 0 N–H and O–H groups in total. The van der Waals surface area contributed by atoms with Gasteiger partial charge < -0.3 is 0 Å². The molecule has 0 aliphatic heterocycles. The highest BCUT2D eigenvalue weighted by molar-refractivity contribution is 5.95. The van der Waals surface area contributed by atoms with Crippen molar-refractivity contribution in [3.8, 4) is 16.8 Å². The van der Waals surface area contributed by atoms with Crippen LogP contribution in [-0.4, -0.2) is 19.7 Å². The van der Waals surface area contributed by atoms with Crippen molar-refractivity contribution in [1.29, 1.82) is 0 Å². The second kappa shape index (κ2) is 5.94. The van der Waals surface area contributed by atoms with Crippen LogP contribution in [-0.2, 0) is 6.18 Å². The van der Waals surface area contributed by atoms with Crippen LogP contribution in [0.4, 0.5) is 13.2 Å². The Kier molecular flexibility index (Phi) is 3.72. The van der Waals surface area contributed by atoms with Gasteiger partial charge in [0.1, 0.15) is 12.7 Å². The number of nitrogens with zero attached hydrogens (tertiary/aromatic N) is 4. The van der Waals surface area contributed by atoms with Crippen molar-refractivity contribution in [2.75, 3.05) is 0 Å². The average molecular weight is 354 g/mol. The number of alkyl halides is 3. The Bertz CT molecular complexity index is 1090. The highest BCUT2D eigenvalue weighted by Crippen LogP contribution is 2.37. The third-order valence-electron chi connectivity index (χ3n) is 4.17. The normalized spacial score (nSPS) is 11.8. The summed E-state index contributed by atoms with van der Waals surface area (Å²) in [6.07, 6.45) is -1.50. The number of aromatic nitrogens is 4. The summed E-state index contributed by atoms with van der Waals surface area (Å²) in [6, 6.07) is 12.7.